The minimum absolute atomic E-state index is 0.0127. The van der Waals surface area contributed by atoms with Crippen molar-refractivity contribution < 1.29 is 82.1 Å². The Morgan fingerprint density at radius 3 is 1.94 bits per heavy atom. The van der Waals surface area contributed by atoms with Crippen molar-refractivity contribution in [1.82, 2.24) is 0 Å². The lowest BCUT2D eigenvalue weighted by Crippen LogP contribution is -2.63. The molecule has 4 saturated carbocycles. The normalized spacial score (nSPS) is 53.6. The number of rotatable bonds is 12. The summed E-state index contributed by atoms with van der Waals surface area (Å²) in [4.78, 5) is 12.0. The zero-order valence-electron chi connectivity index (χ0n) is 41.1. The summed E-state index contributed by atoms with van der Waals surface area (Å²) in [6.07, 6.45) is -0.760. The van der Waals surface area contributed by atoms with Gasteiger partial charge in [-0.2, -0.15) is 0 Å². The summed E-state index contributed by atoms with van der Waals surface area (Å²) in [6.45, 7) is 12.4. The number of cyclic esters (lactones) is 1. The van der Waals surface area contributed by atoms with Crippen molar-refractivity contribution in [1.29, 1.82) is 0 Å². The lowest BCUT2D eigenvalue weighted by atomic mass is 9.43. The average molecular weight is 953 g/mol. The van der Waals surface area contributed by atoms with Gasteiger partial charge in [-0.1, -0.05) is 13.8 Å². The van der Waals surface area contributed by atoms with E-state index in [2.05, 4.69) is 13.8 Å². The SMILES string of the molecule is COC1CC(OC2C(C)OC(OC3C(C)OC(OC4C(O)CC(OC5CCC6(C)C(CCC7C6CCC6(C)C(C8=CC(=O)OC8)CCC76O)C5)OC4C)CC3OC)C(O)C2OC)OC(C)C1O. The van der Waals surface area contributed by atoms with Crippen LogP contribution in [0, 0.1) is 34.5 Å². The molecule has 0 amide bonds. The van der Waals surface area contributed by atoms with Crippen LogP contribution in [0.2, 0.25) is 0 Å². The molecule has 17 nitrogen and oxygen atoms in total. The van der Waals surface area contributed by atoms with Crippen LogP contribution in [0.3, 0.4) is 0 Å². The highest BCUT2D eigenvalue weighted by molar-refractivity contribution is 5.85. The van der Waals surface area contributed by atoms with Gasteiger partial charge >= 0.3 is 5.97 Å². The highest BCUT2D eigenvalue weighted by Gasteiger charge is 2.68. The molecule has 9 rings (SSSR count). The van der Waals surface area contributed by atoms with Gasteiger partial charge in [0.05, 0.1) is 54.4 Å². The Morgan fingerprint density at radius 1 is 0.612 bits per heavy atom. The van der Waals surface area contributed by atoms with Crippen molar-refractivity contribution >= 4 is 5.97 Å². The number of aliphatic hydroxyl groups is 4. The molecule has 0 aromatic rings. The van der Waals surface area contributed by atoms with Gasteiger partial charge in [-0.05, 0) is 120 Å². The zero-order valence-corrected chi connectivity index (χ0v) is 41.1. The predicted molar refractivity (Wildman–Crippen MR) is 237 cm³/mol. The number of hydrogen-bond donors (Lipinski definition) is 4. The van der Waals surface area contributed by atoms with Crippen LogP contribution in [-0.2, 0) is 61.6 Å². The van der Waals surface area contributed by atoms with E-state index >= 15 is 0 Å². The van der Waals surface area contributed by atoms with E-state index in [0.29, 0.717) is 24.9 Å². The average Bonchev–Trinajstić information content (AvgIpc) is 3.84. The molecule has 5 aliphatic heterocycles. The van der Waals surface area contributed by atoms with Gasteiger partial charge in [-0.25, -0.2) is 4.79 Å². The largest absolute Gasteiger partial charge is 0.458 e. The third kappa shape index (κ3) is 9.23. The first-order valence-corrected chi connectivity index (χ1v) is 25.4. The maximum absolute atomic E-state index is 12.6. The summed E-state index contributed by atoms with van der Waals surface area (Å²) in [5.74, 6) is 1.09. The van der Waals surface area contributed by atoms with Gasteiger partial charge in [0.15, 0.2) is 25.2 Å². The van der Waals surface area contributed by atoms with E-state index in [0.717, 1.165) is 63.4 Å². The van der Waals surface area contributed by atoms with Gasteiger partial charge in [-0.15, -0.1) is 0 Å². The second-order valence-corrected chi connectivity index (χ2v) is 22.2. The molecule has 25 atom stereocenters. The maximum Gasteiger partial charge on any atom is 0.331 e. The lowest BCUT2D eigenvalue weighted by molar-refractivity contribution is -0.364. The number of aliphatic hydroxyl groups excluding tert-OH is 3. The number of ether oxygens (including phenoxy) is 12. The number of carbonyl (C=O) groups excluding carboxylic acids is 1. The predicted octanol–water partition coefficient (Wildman–Crippen LogP) is 4.06. The molecule has 0 aromatic carbocycles. The fourth-order valence-corrected chi connectivity index (χ4v) is 14.9. The van der Waals surface area contributed by atoms with Crippen LogP contribution in [0.25, 0.3) is 0 Å². The van der Waals surface area contributed by atoms with E-state index in [-0.39, 0.29) is 47.6 Å². The highest BCUT2D eigenvalue weighted by Crippen LogP contribution is 2.70. The Balaban J connectivity index is 0.752. The first-order valence-electron chi connectivity index (χ1n) is 25.4. The highest BCUT2D eigenvalue weighted by atomic mass is 16.8. The first kappa shape index (κ1) is 50.5. The van der Waals surface area contributed by atoms with Crippen LogP contribution in [0.4, 0.5) is 0 Å². The summed E-state index contributed by atoms with van der Waals surface area (Å²) >= 11 is 0. The molecule has 4 N–H and O–H groups in total. The van der Waals surface area contributed by atoms with E-state index in [1.807, 2.05) is 20.8 Å². The minimum Gasteiger partial charge on any atom is -0.458 e. The smallest absolute Gasteiger partial charge is 0.331 e. The number of esters is 1. The van der Waals surface area contributed by atoms with Crippen LogP contribution < -0.4 is 0 Å². The quantitative estimate of drug-likeness (QED) is 0.161. The second-order valence-electron chi connectivity index (χ2n) is 22.2. The Labute approximate surface area is 396 Å². The van der Waals surface area contributed by atoms with Crippen molar-refractivity contribution in [2.24, 2.45) is 34.5 Å². The molecule has 0 spiro atoms. The Hall–Kier alpha value is -1.39. The van der Waals surface area contributed by atoms with Crippen LogP contribution in [0.1, 0.15) is 119 Å². The molecule has 4 saturated heterocycles. The van der Waals surface area contributed by atoms with Gasteiger partial charge in [0.1, 0.15) is 43.2 Å². The molecule has 5 heterocycles. The third-order valence-electron chi connectivity index (χ3n) is 18.7. The Kier molecular flexibility index (Phi) is 15.0. The van der Waals surface area contributed by atoms with Gasteiger partial charge in [0.2, 0.25) is 0 Å². The van der Waals surface area contributed by atoms with Gasteiger partial charge in [0.25, 0.3) is 0 Å². The standard InChI is InChI=1S/C50H80O17/c1-24-41(53)35(56-7)21-39(60-24)66-45-27(4)63-47(42(54)46(45)58-9)67-44-26(3)62-40(22-36(44)57-8)65-43-25(2)61-38(20-34(43)51)64-30-12-15-48(5)29(19-30)10-11-33-32(48)13-16-49(6)31(14-17-50(33,49)55)28-18-37(52)59-23-28/h18,24-27,29-36,38-47,51,53-55H,10-17,19-23H2,1-9H3. The summed E-state index contributed by atoms with van der Waals surface area (Å²) < 4.78 is 73.3. The van der Waals surface area contributed by atoms with E-state index in [1.165, 1.54) is 14.2 Å². The Bertz CT molecular complexity index is 1740. The van der Waals surface area contributed by atoms with Crippen molar-refractivity contribution in [2.45, 2.75) is 235 Å². The molecule has 0 radical (unpaired) electrons. The second kappa shape index (κ2) is 19.9. The van der Waals surface area contributed by atoms with Crippen LogP contribution in [0.15, 0.2) is 11.6 Å². The maximum atomic E-state index is 12.6. The third-order valence-corrected chi connectivity index (χ3v) is 18.7. The van der Waals surface area contributed by atoms with Crippen molar-refractivity contribution in [3.05, 3.63) is 11.6 Å². The van der Waals surface area contributed by atoms with Crippen molar-refractivity contribution in [2.75, 3.05) is 27.9 Å². The van der Waals surface area contributed by atoms with Gasteiger partial charge < -0.3 is 77.3 Å². The molecule has 9 aliphatic rings. The monoisotopic (exact) mass is 953 g/mol. The number of fused-ring (bicyclic) bond motifs is 5. The van der Waals surface area contributed by atoms with Crippen molar-refractivity contribution in [3.63, 3.8) is 0 Å². The molecule has 0 bridgehead atoms. The molecule has 0 aromatic heterocycles. The lowest BCUT2D eigenvalue weighted by Gasteiger charge is -2.64. The molecule has 4 aliphatic carbocycles. The molecule has 382 valence electrons. The summed E-state index contributed by atoms with van der Waals surface area (Å²) in [5.41, 5.74) is 0.178. The zero-order chi connectivity index (χ0) is 47.7. The minimum atomic E-state index is -1.23. The summed E-state index contributed by atoms with van der Waals surface area (Å²) in [6, 6.07) is 0. The number of hydrogen-bond acceptors (Lipinski definition) is 17. The van der Waals surface area contributed by atoms with Gasteiger partial charge in [-0.3, -0.25) is 0 Å². The topological polar surface area (TPSA) is 209 Å². The number of carbonyl (C=O) groups is 1. The Morgan fingerprint density at radius 2 is 1.27 bits per heavy atom. The van der Waals surface area contributed by atoms with Crippen LogP contribution in [-0.4, -0.2) is 171 Å². The summed E-state index contributed by atoms with van der Waals surface area (Å²) in [5, 5.41) is 46.1. The van der Waals surface area contributed by atoms with E-state index in [1.54, 1.807) is 20.1 Å². The first-order chi connectivity index (χ1) is 31.9. The number of methoxy groups -OCH3 is 3. The molecule has 17 heteroatoms. The van der Waals surface area contributed by atoms with Crippen LogP contribution in [0.5, 0.6) is 0 Å². The van der Waals surface area contributed by atoms with Crippen LogP contribution >= 0.6 is 0 Å². The van der Waals surface area contributed by atoms with E-state index in [4.69, 9.17) is 56.8 Å². The molecule has 67 heavy (non-hydrogen) atoms. The van der Waals surface area contributed by atoms with Crippen molar-refractivity contribution in [3.8, 4) is 0 Å². The van der Waals surface area contributed by atoms with E-state index < -0.39 is 110 Å². The molecule has 8 fully saturated rings. The summed E-state index contributed by atoms with van der Waals surface area (Å²) in [7, 11) is 4.62. The van der Waals surface area contributed by atoms with Gasteiger partial charge in [0, 0.05) is 52.1 Å². The molecular weight excluding hydrogens is 873 g/mol. The molecule has 25 unspecified atom stereocenters. The fraction of sp³-hybridized carbons (Fsp3) is 0.940. The van der Waals surface area contributed by atoms with E-state index in [9.17, 15) is 25.2 Å². The fourth-order valence-electron chi connectivity index (χ4n) is 14.9. The molecular formula is C50H80O17.